The molecular formula is C12H14BrFN2O3. The summed E-state index contributed by atoms with van der Waals surface area (Å²) in [6.45, 7) is 0.593. The third-order valence-corrected chi connectivity index (χ3v) is 3.04. The van der Waals surface area contributed by atoms with Gasteiger partial charge < -0.3 is 15.4 Å². The van der Waals surface area contributed by atoms with Crippen LogP contribution in [0.1, 0.15) is 10.4 Å². The fourth-order valence-electron chi connectivity index (χ4n) is 1.29. The second kappa shape index (κ2) is 7.85. The summed E-state index contributed by atoms with van der Waals surface area (Å²) in [5.74, 6) is -1.39. The Morgan fingerprint density at radius 3 is 2.79 bits per heavy atom. The molecule has 0 saturated heterocycles. The molecule has 104 valence electrons. The summed E-state index contributed by atoms with van der Waals surface area (Å²) in [5.41, 5.74) is 0.143. The highest BCUT2D eigenvalue weighted by Crippen LogP contribution is 2.19. The van der Waals surface area contributed by atoms with Gasteiger partial charge in [-0.05, 0) is 28.1 Å². The van der Waals surface area contributed by atoms with Crippen molar-refractivity contribution in [2.24, 2.45) is 0 Å². The van der Waals surface area contributed by atoms with Crippen molar-refractivity contribution in [1.29, 1.82) is 0 Å². The van der Waals surface area contributed by atoms with Crippen LogP contribution < -0.4 is 10.6 Å². The number of benzene rings is 1. The average molecular weight is 333 g/mol. The maximum Gasteiger partial charge on any atom is 0.252 e. The minimum Gasteiger partial charge on any atom is -0.383 e. The van der Waals surface area contributed by atoms with Gasteiger partial charge in [0.25, 0.3) is 5.91 Å². The molecule has 1 aromatic carbocycles. The van der Waals surface area contributed by atoms with Gasteiger partial charge in [0.05, 0.1) is 23.2 Å². The van der Waals surface area contributed by atoms with E-state index in [0.717, 1.165) is 0 Å². The molecule has 0 radical (unpaired) electrons. The molecule has 0 unspecified atom stereocenters. The molecule has 0 spiro atoms. The SMILES string of the molecule is COCCNC(=O)CNC(=O)c1cccc(F)c1Br. The molecule has 2 N–H and O–H groups in total. The van der Waals surface area contributed by atoms with Crippen LogP contribution in [0.5, 0.6) is 0 Å². The van der Waals surface area contributed by atoms with Crippen LogP contribution in [0.4, 0.5) is 4.39 Å². The Kier molecular flexibility index (Phi) is 6.44. The lowest BCUT2D eigenvalue weighted by atomic mass is 10.2. The van der Waals surface area contributed by atoms with Gasteiger partial charge >= 0.3 is 0 Å². The molecular weight excluding hydrogens is 319 g/mol. The van der Waals surface area contributed by atoms with Crippen LogP contribution >= 0.6 is 15.9 Å². The van der Waals surface area contributed by atoms with Crippen molar-refractivity contribution >= 4 is 27.7 Å². The molecule has 0 bridgehead atoms. The molecule has 0 aliphatic rings. The molecule has 0 aromatic heterocycles. The number of hydrogen-bond donors (Lipinski definition) is 2. The fourth-order valence-corrected chi connectivity index (χ4v) is 1.73. The van der Waals surface area contributed by atoms with Crippen molar-refractivity contribution < 1.29 is 18.7 Å². The Bertz CT molecular complexity index is 468. The van der Waals surface area contributed by atoms with Crippen LogP contribution in [-0.2, 0) is 9.53 Å². The van der Waals surface area contributed by atoms with Crippen molar-refractivity contribution in [3.05, 3.63) is 34.1 Å². The number of halogens is 2. The minimum absolute atomic E-state index is 0.0762. The highest BCUT2D eigenvalue weighted by atomic mass is 79.9. The van der Waals surface area contributed by atoms with Crippen LogP contribution in [0.25, 0.3) is 0 Å². The lowest BCUT2D eigenvalue weighted by molar-refractivity contribution is -0.120. The number of amides is 2. The zero-order valence-electron chi connectivity index (χ0n) is 10.3. The Labute approximate surface area is 118 Å². The van der Waals surface area contributed by atoms with Crippen molar-refractivity contribution in [3.63, 3.8) is 0 Å². The second-order valence-corrected chi connectivity index (χ2v) is 4.42. The lowest BCUT2D eigenvalue weighted by Crippen LogP contribution is -2.38. The number of ether oxygens (including phenoxy) is 1. The van der Waals surface area contributed by atoms with Gasteiger partial charge in [-0.3, -0.25) is 9.59 Å². The Morgan fingerprint density at radius 1 is 1.37 bits per heavy atom. The van der Waals surface area contributed by atoms with E-state index in [-0.39, 0.29) is 22.5 Å². The molecule has 0 saturated carbocycles. The summed E-state index contributed by atoms with van der Waals surface area (Å²) < 4.78 is 18.1. The number of nitrogens with one attached hydrogen (secondary N) is 2. The number of methoxy groups -OCH3 is 1. The third kappa shape index (κ3) is 4.96. The van der Waals surface area contributed by atoms with Gasteiger partial charge in [0.1, 0.15) is 5.82 Å². The number of carbonyl (C=O) groups is 2. The van der Waals surface area contributed by atoms with Crippen LogP contribution in [-0.4, -0.2) is 38.6 Å². The molecule has 0 aliphatic carbocycles. The van der Waals surface area contributed by atoms with Gasteiger partial charge in [-0.1, -0.05) is 6.07 Å². The number of hydrogen-bond acceptors (Lipinski definition) is 3. The molecule has 1 aromatic rings. The van der Waals surface area contributed by atoms with E-state index in [1.807, 2.05) is 0 Å². The van der Waals surface area contributed by atoms with E-state index in [9.17, 15) is 14.0 Å². The topological polar surface area (TPSA) is 67.4 Å². The summed E-state index contributed by atoms with van der Waals surface area (Å²) >= 11 is 2.99. The van der Waals surface area contributed by atoms with Crippen molar-refractivity contribution in [2.45, 2.75) is 0 Å². The quantitative estimate of drug-likeness (QED) is 0.766. The van der Waals surface area contributed by atoms with E-state index in [1.54, 1.807) is 0 Å². The maximum absolute atomic E-state index is 13.2. The predicted molar refractivity (Wildman–Crippen MR) is 71.3 cm³/mol. The molecule has 0 fully saturated rings. The first-order chi connectivity index (χ1) is 9.06. The van der Waals surface area contributed by atoms with Crippen LogP contribution in [0.15, 0.2) is 22.7 Å². The molecule has 7 heteroatoms. The van der Waals surface area contributed by atoms with Crippen LogP contribution in [0, 0.1) is 5.82 Å². The smallest absolute Gasteiger partial charge is 0.252 e. The molecule has 0 atom stereocenters. The summed E-state index contributed by atoms with van der Waals surface area (Å²) in [7, 11) is 1.52. The number of carbonyl (C=O) groups excluding carboxylic acids is 2. The molecule has 19 heavy (non-hydrogen) atoms. The molecule has 0 aliphatic heterocycles. The van der Waals surface area contributed by atoms with E-state index < -0.39 is 11.7 Å². The molecule has 1 rings (SSSR count). The summed E-state index contributed by atoms with van der Waals surface area (Å²) in [4.78, 5) is 23.1. The third-order valence-electron chi connectivity index (χ3n) is 2.23. The summed E-state index contributed by atoms with van der Waals surface area (Å²) in [6, 6.07) is 4.12. The Morgan fingerprint density at radius 2 is 2.11 bits per heavy atom. The monoisotopic (exact) mass is 332 g/mol. The highest BCUT2D eigenvalue weighted by molar-refractivity contribution is 9.10. The van der Waals surface area contributed by atoms with Crippen molar-refractivity contribution in [1.82, 2.24) is 10.6 Å². The van der Waals surface area contributed by atoms with Crippen molar-refractivity contribution in [3.8, 4) is 0 Å². The van der Waals surface area contributed by atoms with E-state index in [2.05, 4.69) is 26.6 Å². The summed E-state index contributed by atoms with van der Waals surface area (Å²) in [6.07, 6.45) is 0. The van der Waals surface area contributed by atoms with Crippen LogP contribution in [0.2, 0.25) is 0 Å². The normalized spacial score (nSPS) is 10.1. The fraction of sp³-hybridized carbons (Fsp3) is 0.333. The number of rotatable bonds is 6. The standard InChI is InChI=1S/C12H14BrFN2O3/c1-19-6-5-15-10(17)7-16-12(18)8-3-2-4-9(14)11(8)13/h2-4H,5-7H2,1H3,(H,15,17)(H,16,18). The summed E-state index contributed by atoms with van der Waals surface area (Å²) in [5, 5.41) is 4.96. The van der Waals surface area contributed by atoms with E-state index in [1.165, 1.54) is 25.3 Å². The molecule has 0 heterocycles. The van der Waals surface area contributed by atoms with Crippen LogP contribution in [0.3, 0.4) is 0 Å². The van der Waals surface area contributed by atoms with E-state index >= 15 is 0 Å². The molecule has 2 amide bonds. The first kappa shape index (κ1) is 15.6. The van der Waals surface area contributed by atoms with Crippen molar-refractivity contribution in [2.75, 3.05) is 26.8 Å². The first-order valence-electron chi connectivity index (χ1n) is 5.54. The highest BCUT2D eigenvalue weighted by Gasteiger charge is 2.13. The van der Waals surface area contributed by atoms with E-state index in [4.69, 9.17) is 4.74 Å². The zero-order valence-corrected chi connectivity index (χ0v) is 11.9. The Hall–Kier alpha value is -1.47. The largest absolute Gasteiger partial charge is 0.383 e. The van der Waals surface area contributed by atoms with Gasteiger partial charge in [-0.25, -0.2) is 4.39 Å². The van der Waals surface area contributed by atoms with Gasteiger partial charge in [-0.15, -0.1) is 0 Å². The van der Waals surface area contributed by atoms with E-state index in [0.29, 0.717) is 13.2 Å². The Balaban J connectivity index is 2.47. The second-order valence-electron chi connectivity index (χ2n) is 3.63. The predicted octanol–water partition coefficient (Wildman–Crippen LogP) is 1.08. The zero-order chi connectivity index (χ0) is 14.3. The van der Waals surface area contributed by atoms with Gasteiger partial charge in [0.2, 0.25) is 5.91 Å². The lowest BCUT2D eigenvalue weighted by Gasteiger charge is -2.08. The minimum atomic E-state index is -0.530. The van der Waals surface area contributed by atoms with Gasteiger partial charge in [0.15, 0.2) is 0 Å². The average Bonchev–Trinajstić information content (AvgIpc) is 2.39. The maximum atomic E-state index is 13.2. The van der Waals surface area contributed by atoms with Gasteiger partial charge in [0, 0.05) is 13.7 Å². The van der Waals surface area contributed by atoms with Gasteiger partial charge in [-0.2, -0.15) is 0 Å². The molecule has 5 nitrogen and oxygen atoms in total. The first-order valence-corrected chi connectivity index (χ1v) is 6.33.